The molecule has 0 aliphatic rings. The van der Waals surface area contributed by atoms with Crippen molar-refractivity contribution in [2.45, 2.75) is 13.0 Å². The van der Waals surface area contributed by atoms with E-state index in [9.17, 15) is 9.59 Å². The van der Waals surface area contributed by atoms with Gasteiger partial charge in [0.25, 0.3) is 5.56 Å². The van der Waals surface area contributed by atoms with Gasteiger partial charge < -0.3 is 0 Å². The minimum atomic E-state index is -0.370. The molecule has 2 rings (SSSR count). The standard InChI is InChI=1S/C8H11N7O2/c1-14-7-5(4-10-14)8(17)15(13-12-7)3-2-6(16)11-9/h4H,2-3,9H2,1H3,(H,11,16). The first-order chi connectivity index (χ1) is 8.13. The van der Waals surface area contributed by atoms with E-state index in [1.54, 1.807) is 7.05 Å². The quantitative estimate of drug-likeness (QED) is 0.358. The summed E-state index contributed by atoms with van der Waals surface area (Å²) in [5, 5.41) is 11.9. The zero-order valence-corrected chi connectivity index (χ0v) is 9.12. The fraction of sp³-hybridized carbons (Fsp3) is 0.375. The fourth-order valence-corrected chi connectivity index (χ4v) is 1.40. The van der Waals surface area contributed by atoms with Gasteiger partial charge in [-0.25, -0.2) is 15.2 Å². The van der Waals surface area contributed by atoms with Crippen LogP contribution in [0.3, 0.4) is 0 Å². The molecule has 2 aromatic rings. The molecule has 0 atom stereocenters. The normalized spacial score (nSPS) is 10.7. The van der Waals surface area contributed by atoms with Gasteiger partial charge in [-0.15, -0.1) is 5.10 Å². The summed E-state index contributed by atoms with van der Waals surface area (Å²) < 4.78 is 2.57. The maximum Gasteiger partial charge on any atom is 0.280 e. The Balaban J connectivity index is 2.33. The van der Waals surface area contributed by atoms with E-state index in [1.807, 2.05) is 5.43 Å². The Morgan fingerprint density at radius 1 is 1.59 bits per heavy atom. The van der Waals surface area contributed by atoms with Crippen LogP contribution in [-0.4, -0.2) is 30.7 Å². The molecule has 0 unspecified atom stereocenters. The molecule has 0 saturated heterocycles. The third kappa shape index (κ3) is 1.99. The second-order valence-corrected chi connectivity index (χ2v) is 3.44. The number of nitrogens with zero attached hydrogens (tertiary/aromatic N) is 5. The maximum atomic E-state index is 11.9. The molecular formula is C8H11N7O2. The predicted molar refractivity (Wildman–Crippen MR) is 57.5 cm³/mol. The molecule has 0 spiro atoms. The van der Waals surface area contributed by atoms with Crippen molar-refractivity contribution in [1.82, 2.24) is 30.2 Å². The highest BCUT2D eigenvalue weighted by molar-refractivity contribution is 5.75. The summed E-state index contributed by atoms with van der Waals surface area (Å²) in [6.07, 6.45) is 1.49. The van der Waals surface area contributed by atoms with E-state index in [0.29, 0.717) is 11.0 Å². The summed E-state index contributed by atoms with van der Waals surface area (Å²) >= 11 is 0. The number of aromatic nitrogens is 5. The lowest BCUT2D eigenvalue weighted by atomic mass is 10.4. The molecule has 9 nitrogen and oxygen atoms in total. The van der Waals surface area contributed by atoms with Gasteiger partial charge in [0.05, 0.1) is 12.7 Å². The molecule has 17 heavy (non-hydrogen) atoms. The summed E-state index contributed by atoms with van der Waals surface area (Å²) in [5.41, 5.74) is 2.06. The van der Waals surface area contributed by atoms with Crippen LogP contribution in [0.4, 0.5) is 0 Å². The first-order valence-electron chi connectivity index (χ1n) is 4.88. The van der Waals surface area contributed by atoms with E-state index < -0.39 is 0 Å². The van der Waals surface area contributed by atoms with E-state index >= 15 is 0 Å². The smallest absolute Gasteiger partial charge is 0.280 e. The van der Waals surface area contributed by atoms with E-state index in [2.05, 4.69) is 15.4 Å². The molecule has 0 aliphatic carbocycles. The van der Waals surface area contributed by atoms with Crippen LogP contribution in [-0.2, 0) is 18.4 Å². The number of rotatable bonds is 3. The van der Waals surface area contributed by atoms with Crippen LogP contribution in [0.5, 0.6) is 0 Å². The number of hydrazine groups is 1. The molecule has 0 aromatic carbocycles. The topological polar surface area (TPSA) is 121 Å². The van der Waals surface area contributed by atoms with Crippen LogP contribution in [0.25, 0.3) is 11.0 Å². The van der Waals surface area contributed by atoms with Gasteiger partial charge in [-0.1, -0.05) is 5.21 Å². The summed E-state index contributed by atoms with van der Waals surface area (Å²) in [4.78, 5) is 22.8. The van der Waals surface area contributed by atoms with Crippen LogP contribution >= 0.6 is 0 Å². The largest absolute Gasteiger partial charge is 0.294 e. The Hall–Kier alpha value is -2.29. The molecule has 9 heteroatoms. The van der Waals surface area contributed by atoms with Gasteiger partial charge in [0, 0.05) is 13.5 Å². The number of carbonyl (C=O) groups is 1. The number of hydrogen-bond acceptors (Lipinski definition) is 6. The van der Waals surface area contributed by atoms with Crippen molar-refractivity contribution in [2.24, 2.45) is 12.9 Å². The highest BCUT2D eigenvalue weighted by atomic mass is 16.2. The number of fused-ring (bicyclic) bond motifs is 1. The zero-order valence-electron chi connectivity index (χ0n) is 9.12. The van der Waals surface area contributed by atoms with Gasteiger partial charge in [-0.3, -0.25) is 15.0 Å². The van der Waals surface area contributed by atoms with Crippen LogP contribution in [0.15, 0.2) is 11.0 Å². The monoisotopic (exact) mass is 237 g/mol. The maximum absolute atomic E-state index is 11.9. The molecule has 90 valence electrons. The van der Waals surface area contributed by atoms with E-state index in [4.69, 9.17) is 5.84 Å². The SMILES string of the molecule is Cn1ncc2c(=O)n(CCC(=O)NN)nnc21. The second kappa shape index (κ2) is 4.29. The lowest BCUT2D eigenvalue weighted by molar-refractivity contribution is -0.121. The molecule has 0 saturated carbocycles. The molecule has 2 heterocycles. The Labute approximate surface area is 95.2 Å². The molecule has 0 fully saturated rings. The number of aryl methyl sites for hydroxylation is 2. The van der Waals surface area contributed by atoms with Crippen molar-refractivity contribution >= 4 is 16.9 Å². The number of nitrogens with one attached hydrogen (secondary N) is 1. The summed E-state index contributed by atoms with van der Waals surface area (Å²) in [5.74, 6) is 4.56. The van der Waals surface area contributed by atoms with E-state index in [0.717, 1.165) is 4.68 Å². The van der Waals surface area contributed by atoms with Crippen LogP contribution in [0.1, 0.15) is 6.42 Å². The lowest BCUT2D eigenvalue weighted by Gasteiger charge is -2.02. The summed E-state index contributed by atoms with van der Waals surface area (Å²) in [7, 11) is 1.67. The predicted octanol–water partition coefficient (Wildman–Crippen LogP) is -2.09. The van der Waals surface area contributed by atoms with Crippen molar-refractivity contribution in [3.8, 4) is 0 Å². The third-order valence-electron chi connectivity index (χ3n) is 2.33. The Morgan fingerprint density at radius 3 is 3.06 bits per heavy atom. The van der Waals surface area contributed by atoms with Crippen LogP contribution in [0.2, 0.25) is 0 Å². The average Bonchev–Trinajstić information content (AvgIpc) is 2.71. The molecular weight excluding hydrogens is 226 g/mol. The highest BCUT2D eigenvalue weighted by Crippen LogP contribution is 2.01. The molecule has 0 aliphatic heterocycles. The van der Waals surface area contributed by atoms with Crippen molar-refractivity contribution in [3.63, 3.8) is 0 Å². The highest BCUT2D eigenvalue weighted by Gasteiger charge is 2.10. The van der Waals surface area contributed by atoms with Crippen molar-refractivity contribution < 1.29 is 4.79 Å². The Kier molecular flexibility index (Phi) is 2.83. The molecule has 0 bridgehead atoms. The Bertz CT molecular complexity index is 614. The fourth-order valence-electron chi connectivity index (χ4n) is 1.40. The molecule has 0 radical (unpaired) electrons. The first kappa shape index (κ1) is 11.2. The number of nitrogens with two attached hydrogens (primary N) is 1. The van der Waals surface area contributed by atoms with Crippen LogP contribution < -0.4 is 16.8 Å². The van der Waals surface area contributed by atoms with Gasteiger partial charge in [0.1, 0.15) is 5.39 Å². The summed E-state index contributed by atoms with van der Waals surface area (Å²) in [6, 6.07) is 0. The molecule has 2 aromatic heterocycles. The van der Waals surface area contributed by atoms with Crippen molar-refractivity contribution in [2.75, 3.05) is 0 Å². The third-order valence-corrected chi connectivity index (χ3v) is 2.33. The van der Waals surface area contributed by atoms with E-state index in [-0.39, 0.29) is 24.4 Å². The lowest BCUT2D eigenvalue weighted by Crippen LogP contribution is -2.33. The minimum Gasteiger partial charge on any atom is -0.294 e. The number of amides is 1. The van der Waals surface area contributed by atoms with Gasteiger partial charge in [-0.2, -0.15) is 5.10 Å². The van der Waals surface area contributed by atoms with Gasteiger partial charge in [0.15, 0.2) is 5.65 Å². The average molecular weight is 237 g/mol. The van der Waals surface area contributed by atoms with Crippen LogP contribution in [0, 0.1) is 0 Å². The second-order valence-electron chi connectivity index (χ2n) is 3.44. The van der Waals surface area contributed by atoms with Gasteiger partial charge in [-0.05, 0) is 0 Å². The number of hydrogen-bond donors (Lipinski definition) is 2. The van der Waals surface area contributed by atoms with Gasteiger partial charge in [0.2, 0.25) is 5.91 Å². The molecule has 3 N–H and O–H groups in total. The number of carbonyl (C=O) groups excluding carboxylic acids is 1. The minimum absolute atomic E-state index is 0.0663. The first-order valence-corrected chi connectivity index (χ1v) is 4.88. The van der Waals surface area contributed by atoms with Gasteiger partial charge >= 0.3 is 0 Å². The summed E-state index contributed by atoms with van der Waals surface area (Å²) in [6.45, 7) is 0.125. The molecule has 1 amide bonds. The van der Waals surface area contributed by atoms with Crippen molar-refractivity contribution in [3.05, 3.63) is 16.6 Å². The van der Waals surface area contributed by atoms with E-state index in [1.165, 1.54) is 10.9 Å². The van der Waals surface area contributed by atoms with Crippen molar-refractivity contribution in [1.29, 1.82) is 0 Å². The zero-order chi connectivity index (χ0) is 12.4. The Morgan fingerprint density at radius 2 is 2.35 bits per heavy atom.